The summed E-state index contributed by atoms with van der Waals surface area (Å²) in [4.78, 5) is 21.9. The summed E-state index contributed by atoms with van der Waals surface area (Å²) in [7, 11) is -3.61. The second kappa shape index (κ2) is 7.21. The van der Waals surface area contributed by atoms with Gasteiger partial charge in [0.15, 0.2) is 0 Å². The fraction of sp³-hybridized carbons (Fsp3) is 0.556. The van der Waals surface area contributed by atoms with E-state index in [1.54, 1.807) is 18.3 Å². The van der Waals surface area contributed by atoms with Crippen molar-refractivity contribution in [1.29, 1.82) is 0 Å². The average molecular weight is 391 g/mol. The van der Waals surface area contributed by atoms with Gasteiger partial charge in [-0.3, -0.25) is 4.79 Å². The molecule has 4 heterocycles. The maximum atomic E-state index is 13.0. The molecule has 0 radical (unpaired) electrons. The molecule has 2 aromatic heterocycles. The Morgan fingerprint density at radius 2 is 2.04 bits per heavy atom. The first-order chi connectivity index (χ1) is 13.0. The molecule has 0 spiro atoms. The summed E-state index contributed by atoms with van der Waals surface area (Å²) in [6.45, 7) is 4.48. The van der Waals surface area contributed by atoms with Crippen molar-refractivity contribution in [3.05, 3.63) is 24.5 Å². The largest absolute Gasteiger partial charge is 0.345 e. The van der Waals surface area contributed by atoms with Crippen molar-refractivity contribution < 1.29 is 13.2 Å². The standard InChI is InChI=1S/C18H25N5O3S/c1-13-11-14(4-6-19-13)18(24)22-7-9-23(10-8-22)27(25,26)16-12-21-17-15(16)3-2-5-20-17/h2-3,5,12-14,19H,4,6-11H2,1H3,(H,20,21)/t13-,14-/m0/s1. The summed E-state index contributed by atoms with van der Waals surface area (Å²) in [5, 5.41) is 3.96. The van der Waals surface area contributed by atoms with Crippen molar-refractivity contribution in [2.24, 2.45) is 5.92 Å². The van der Waals surface area contributed by atoms with Crippen LogP contribution in [0.1, 0.15) is 19.8 Å². The third-order valence-electron chi connectivity index (χ3n) is 5.55. The Morgan fingerprint density at radius 3 is 2.78 bits per heavy atom. The number of piperidine rings is 1. The Labute approximate surface area is 159 Å². The molecule has 9 heteroatoms. The molecule has 8 nitrogen and oxygen atoms in total. The minimum absolute atomic E-state index is 0.0455. The molecule has 2 fully saturated rings. The van der Waals surface area contributed by atoms with E-state index in [0.29, 0.717) is 43.3 Å². The topological polar surface area (TPSA) is 98.4 Å². The fourth-order valence-corrected chi connectivity index (χ4v) is 5.62. The molecule has 0 bridgehead atoms. The van der Waals surface area contributed by atoms with E-state index in [1.807, 2.05) is 4.90 Å². The van der Waals surface area contributed by atoms with E-state index in [4.69, 9.17) is 0 Å². The highest BCUT2D eigenvalue weighted by Crippen LogP contribution is 2.26. The number of H-pyrrole nitrogens is 1. The van der Waals surface area contributed by atoms with E-state index in [-0.39, 0.29) is 16.7 Å². The number of amides is 1. The molecule has 27 heavy (non-hydrogen) atoms. The number of pyridine rings is 1. The van der Waals surface area contributed by atoms with Crippen LogP contribution in [0.2, 0.25) is 0 Å². The molecule has 2 aliphatic heterocycles. The SMILES string of the molecule is C[C@H]1C[C@@H](C(=O)N2CCN(S(=O)(=O)c3c[nH]c4ncccc34)CC2)CCN1. The van der Waals surface area contributed by atoms with Crippen molar-refractivity contribution in [2.75, 3.05) is 32.7 Å². The number of sulfonamides is 1. The highest BCUT2D eigenvalue weighted by Gasteiger charge is 2.34. The molecular weight excluding hydrogens is 366 g/mol. The van der Waals surface area contributed by atoms with Gasteiger partial charge < -0.3 is 15.2 Å². The second-order valence-electron chi connectivity index (χ2n) is 7.36. The molecule has 0 aliphatic carbocycles. The Balaban J connectivity index is 1.45. The van der Waals surface area contributed by atoms with Gasteiger partial charge in [0.1, 0.15) is 10.5 Å². The Morgan fingerprint density at radius 1 is 1.26 bits per heavy atom. The molecule has 2 aromatic rings. The van der Waals surface area contributed by atoms with E-state index in [2.05, 4.69) is 22.2 Å². The number of carbonyl (C=O) groups excluding carboxylic acids is 1. The van der Waals surface area contributed by atoms with Gasteiger partial charge in [0, 0.05) is 55.9 Å². The van der Waals surface area contributed by atoms with Gasteiger partial charge >= 0.3 is 0 Å². The Bertz CT molecular complexity index is 933. The smallest absolute Gasteiger partial charge is 0.245 e. The number of hydrogen-bond donors (Lipinski definition) is 2. The van der Waals surface area contributed by atoms with E-state index < -0.39 is 10.0 Å². The van der Waals surface area contributed by atoms with Gasteiger partial charge in [0.2, 0.25) is 15.9 Å². The predicted molar refractivity (Wildman–Crippen MR) is 102 cm³/mol. The van der Waals surface area contributed by atoms with Gasteiger partial charge in [-0.2, -0.15) is 4.31 Å². The first-order valence-electron chi connectivity index (χ1n) is 9.41. The van der Waals surface area contributed by atoms with Crippen LogP contribution >= 0.6 is 0 Å². The van der Waals surface area contributed by atoms with Crippen LogP contribution in [-0.2, 0) is 14.8 Å². The number of aromatic amines is 1. The van der Waals surface area contributed by atoms with Gasteiger partial charge in [-0.15, -0.1) is 0 Å². The van der Waals surface area contributed by atoms with Crippen LogP contribution in [0.3, 0.4) is 0 Å². The molecule has 2 N–H and O–H groups in total. The van der Waals surface area contributed by atoms with Crippen LogP contribution in [-0.4, -0.2) is 72.3 Å². The summed E-state index contributed by atoms with van der Waals surface area (Å²) in [6, 6.07) is 3.83. The maximum Gasteiger partial charge on any atom is 0.245 e. The lowest BCUT2D eigenvalue weighted by Gasteiger charge is -2.37. The van der Waals surface area contributed by atoms with Crippen LogP contribution in [0.4, 0.5) is 0 Å². The number of nitrogens with one attached hydrogen (secondary N) is 2. The van der Waals surface area contributed by atoms with E-state index >= 15 is 0 Å². The van der Waals surface area contributed by atoms with Crippen LogP contribution in [0.5, 0.6) is 0 Å². The van der Waals surface area contributed by atoms with Crippen LogP contribution in [0.15, 0.2) is 29.4 Å². The molecule has 0 aromatic carbocycles. The zero-order chi connectivity index (χ0) is 19.0. The van der Waals surface area contributed by atoms with E-state index in [9.17, 15) is 13.2 Å². The predicted octanol–water partition coefficient (Wildman–Crippen LogP) is 0.784. The molecular formula is C18H25N5O3S. The maximum absolute atomic E-state index is 13.0. The van der Waals surface area contributed by atoms with Crippen molar-refractivity contribution in [3.8, 4) is 0 Å². The van der Waals surface area contributed by atoms with Crippen LogP contribution < -0.4 is 5.32 Å². The van der Waals surface area contributed by atoms with Gasteiger partial charge in [-0.1, -0.05) is 0 Å². The third-order valence-corrected chi connectivity index (χ3v) is 7.49. The van der Waals surface area contributed by atoms with Crippen molar-refractivity contribution in [1.82, 2.24) is 24.5 Å². The highest BCUT2D eigenvalue weighted by atomic mass is 32.2. The lowest BCUT2D eigenvalue weighted by atomic mass is 9.92. The average Bonchev–Trinajstić information content (AvgIpc) is 3.12. The van der Waals surface area contributed by atoms with Gasteiger partial charge in [0.05, 0.1) is 0 Å². The van der Waals surface area contributed by atoms with E-state index in [0.717, 1.165) is 19.4 Å². The lowest BCUT2D eigenvalue weighted by molar-refractivity contribution is -0.137. The third kappa shape index (κ3) is 3.46. The number of rotatable bonds is 3. The quantitative estimate of drug-likeness (QED) is 0.806. The zero-order valence-corrected chi connectivity index (χ0v) is 16.2. The monoisotopic (exact) mass is 391 g/mol. The normalized spacial score (nSPS) is 25.0. The minimum atomic E-state index is -3.61. The summed E-state index contributed by atoms with van der Waals surface area (Å²) < 4.78 is 27.6. The summed E-state index contributed by atoms with van der Waals surface area (Å²) in [6.07, 6.45) is 4.83. The van der Waals surface area contributed by atoms with Crippen LogP contribution in [0.25, 0.3) is 11.0 Å². The molecule has 0 saturated carbocycles. The zero-order valence-electron chi connectivity index (χ0n) is 15.4. The minimum Gasteiger partial charge on any atom is -0.345 e. The van der Waals surface area contributed by atoms with Gasteiger partial charge in [0.25, 0.3) is 0 Å². The number of piperazine rings is 1. The fourth-order valence-electron chi connectivity index (χ4n) is 4.05. The Kier molecular flexibility index (Phi) is 4.92. The summed E-state index contributed by atoms with van der Waals surface area (Å²) >= 11 is 0. The van der Waals surface area contributed by atoms with Gasteiger partial charge in [-0.25, -0.2) is 13.4 Å². The number of aromatic nitrogens is 2. The van der Waals surface area contributed by atoms with Crippen molar-refractivity contribution in [2.45, 2.75) is 30.7 Å². The van der Waals surface area contributed by atoms with Crippen molar-refractivity contribution >= 4 is 27.0 Å². The lowest BCUT2D eigenvalue weighted by Crippen LogP contribution is -2.53. The van der Waals surface area contributed by atoms with Gasteiger partial charge in [-0.05, 0) is 38.4 Å². The molecule has 2 atom stereocenters. The highest BCUT2D eigenvalue weighted by molar-refractivity contribution is 7.89. The second-order valence-corrected chi connectivity index (χ2v) is 9.26. The van der Waals surface area contributed by atoms with Crippen LogP contribution in [0, 0.1) is 5.92 Å². The first-order valence-corrected chi connectivity index (χ1v) is 10.9. The molecule has 146 valence electrons. The van der Waals surface area contributed by atoms with Crippen molar-refractivity contribution in [3.63, 3.8) is 0 Å². The Hall–Kier alpha value is -1.97. The molecule has 0 unspecified atom stereocenters. The summed E-state index contributed by atoms with van der Waals surface area (Å²) in [5.74, 6) is 0.209. The number of hydrogen-bond acceptors (Lipinski definition) is 5. The summed E-state index contributed by atoms with van der Waals surface area (Å²) in [5.41, 5.74) is 0.560. The number of nitrogens with zero attached hydrogens (tertiary/aromatic N) is 3. The molecule has 2 saturated heterocycles. The number of carbonyl (C=O) groups is 1. The number of fused-ring (bicyclic) bond motifs is 1. The van der Waals surface area contributed by atoms with E-state index in [1.165, 1.54) is 10.5 Å². The molecule has 1 amide bonds. The molecule has 4 rings (SSSR count). The molecule has 2 aliphatic rings. The first kappa shape index (κ1) is 18.4.